The van der Waals surface area contributed by atoms with Gasteiger partial charge >= 0.3 is 0 Å². The van der Waals surface area contributed by atoms with Crippen LogP contribution in [0.15, 0.2) is 15.9 Å². The summed E-state index contributed by atoms with van der Waals surface area (Å²) >= 11 is 5.22. The van der Waals surface area contributed by atoms with Gasteiger partial charge in [-0.3, -0.25) is 0 Å². The second-order valence-electron chi connectivity index (χ2n) is 4.64. The number of halogens is 1. The molecule has 0 aromatic carbocycles. The summed E-state index contributed by atoms with van der Waals surface area (Å²) in [4.78, 5) is 1.36. The van der Waals surface area contributed by atoms with Crippen molar-refractivity contribution in [2.45, 2.75) is 32.8 Å². The molecule has 0 aliphatic heterocycles. The SMILES string of the molecule is CC(C)C(C)(O)CNCCc1ccc(Br)s1. The van der Waals surface area contributed by atoms with Crippen LogP contribution in [0, 0.1) is 5.92 Å². The fourth-order valence-corrected chi connectivity index (χ4v) is 2.73. The standard InChI is InChI=1S/C12H20BrNOS/c1-9(2)12(3,15)8-14-7-6-10-4-5-11(13)16-10/h4-5,9,14-15H,6-8H2,1-3H3. The molecular formula is C12H20BrNOS. The van der Waals surface area contributed by atoms with Gasteiger partial charge in [0.15, 0.2) is 0 Å². The van der Waals surface area contributed by atoms with Crippen LogP contribution in [0.1, 0.15) is 25.6 Å². The predicted octanol–water partition coefficient (Wildman–Crippen LogP) is 3.05. The molecule has 2 nitrogen and oxygen atoms in total. The van der Waals surface area contributed by atoms with E-state index in [0.29, 0.717) is 6.54 Å². The molecule has 0 aliphatic rings. The minimum atomic E-state index is -0.615. The maximum atomic E-state index is 10.0. The number of nitrogens with one attached hydrogen (secondary N) is 1. The van der Waals surface area contributed by atoms with E-state index in [0.717, 1.165) is 13.0 Å². The lowest BCUT2D eigenvalue weighted by molar-refractivity contribution is 0.0145. The molecule has 2 N–H and O–H groups in total. The third-order valence-corrected chi connectivity index (χ3v) is 4.59. The lowest BCUT2D eigenvalue weighted by Gasteiger charge is -2.27. The molecule has 4 heteroatoms. The molecule has 0 aliphatic carbocycles. The second kappa shape index (κ2) is 6.15. The molecule has 1 aromatic rings. The van der Waals surface area contributed by atoms with Crippen LogP contribution in [-0.4, -0.2) is 23.8 Å². The van der Waals surface area contributed by atoms with Crippen molar-refractivity contribution in [3.63, 3.8) is 0 Å². The highest BCUT2D eigenvalue weighted by Crippen LogP contribution is 2.22. The summed E-state index contributed by atoms with van der Waals surface area (Å²) in [7, 11) is 0. The minimum absolute atomic E-state index is 0.274. The van der Waals surface area contributed by atoms with Gasteiger partial charge in [-0.2, -0.15) is 0 Å². The fraction of sp³-hybridized carbons (Fsp3) is 0.667. The third-order valence-electron chi connectivity index (χ3n) is 2.90. The van der Waals surface area contributed by atoms with Crippen molar-refractivity contribution < 1.29 is 5.11 Å². The zero-order valence-corrected chi connectivity index (χ0v) is 12.5. The van der Waals surface area contributed by atoms with Gasteiger partial charge in [-0.05, 0) is 47.3 Å². The van der Waals surface area contributed by atoms with Gasteiger partial charge in [0.2, 0.25) is 0 Å². The molecule has 0 spiro atoms. The predicted molar refractivity (Wildman–Crippen MR) is 74.1 cm³/mol. The molecule has 16 heavy (non-hydrogen) atoms. The first-order valence-electron chi connectivity index (χ1n) is 5.59. The first-order valence-corrected chi connectivity index (χ1v) is 7.20. The van der Waals surface area contributed by atoms with E-state index in [4.69, 9.17) is 0 Å². The van der Waals surface area contributed by atoms with Gasteiger partial charge in [0.1, 0.15) is 0 Å². The number of hydrogen-bond donors (Lipinski definition) is 2. The van der Waals surface area contributed by atoms with Crippen molar-refractivity contribution in [1.29, 1.82) is 0 Å². The van der Waals surface area contributed by atoms with Gasteiger partial charge in [-0.1, -0.05) is 13.8 Å². The Kier molecular flexibility index (Phi) is 5.44. The summed E-state index contributed by atoms with van der Waals surface area (Å²) in [6.07, 6.45) is 1.02. The molecule has 1 heterocycles. The van der Waals surface area contributed by atoms with E-state index in [1.54, 1.807) is 11.3 Å². The Labute approximate surface area is 110 Å². The molecule has 0 fully saturated rings. The highest BCUT2D eigenvalue weighted by atomic mass is 79.9. The normalized spacial score (nSPS) is 15.4. The number of rotatable bonds is 6. The van der Waals surface area contributed by atoms with Gasteiger partial charge in [0.25, 0.3) is 0 Å². The number of aliphatic hydroxyl groups is 1. The van der Waals surface area contributed by atoms with Crippen molar-refractivity contribution >= 4 is 27.3 Å². The summed E-state index contributed by atoms with van der Waals surface area (Å²) < 4.78 is 1.18. The van der Waals surface area contributed by atoms with E-state index in [9.17, 15) is 5.11 Å². The average Bonchev–Trinajstić information content (AvgIpc) is 2.59. The molecule has 0 saturated heterocycles. The Morgan fingerprint density at radius 3 is 2.69 bits per heavy atom. The molecule has 0 radical (unpaired) electrons. The maximum Gasteiger partial charge on any atom is 0.0766 e. The Morgan fingerprint density at radius 1 is 1.50 bits per heavy atom. The Morgan fingerprint density at radius 2 is 2.19 bits per heavy atom. The summed E-state index contributed by atoms with van der Waals surface area (Å²) in [6, 6.07) is 4.21. The van der Waals surface area contributed by atoms with Crippen LogP contribution in [0.3, 0.4) is 0 Å². The van der Waals surface area contributed by atoms with Crippen molar-refractivity contribution in [3.05, 3.63) is 20.8 Å². The average molecular weight is 306 g/mol. The highest BCUT2D eigenvalue weighted by Gasteiger charge is 2.23. The summed E-state index contributed by atoms with van der Waals surface area (Å²) in [5, 5.41) is 13.3. The highest BCUT2D eigenvalue weighted by molar-refractivity contribution is 9.11. The van der Waals surface area contributed by atoms with E-state index in [2.05, 4.69) is 33.4 Å². The maximum absolute atomic E-state index is 10.0. The lowest BCUT2D eigenvalue weighted by atomic mass is 9.92. The molecule has 92 valence electrons. The molecule has 0 amide bonds. The van der Waals surface area contributed by atoms with Gasteiger partial charge in [-0.25, -0.2) is 0 Å². The third kappa shape index (κ3) is 4.53. The smallest absolute Gasteiger partial charge is 0.0766 e. The van der Waals surface area contributed by atoms with Gasteiger partial charge in [0.05, 0.1) is 9.39 Å². The van der Waals surface area contributed by atoms with E-state index >= 15 is 0 Å². The van der Waals surface area contributed by atoms with Gasteiger partial charge in [0, 0.05) is 18.0 Å². The van der Waals surface area contributed by atoms with Crippen LogP contribution in [-0.2, 0) is 6.42 Å². The van der Waals surface area contributed by atoms with Crippen LogP contribution in [0.25, 0.3) is 0 Å². The van der Waals surface area contributed by atoms with E-state index in [1.807, 2.05) is 20.8 Å². The van der Waals surface area contributed by atoms with Crippen molar-refractivity contribution in [3.8, 4) is 0 Å². The fourth-order valence-electron chi connectivity index (χ4n) is 1.24. The van der Waals surface area contributed by atoms with Crippen molar-refractivity contribution in [1.82, 2.24) is 5.32 Å². The van der Waals surface area contributed by atoms with Gasteiger partial charge < -0.3 is 10.4 Å². The number of hydrogen-bond acceptors (Lipinski definition) is 3. The van der Waals surface area contributed by atoms with Crippen LogP contribution in [0.2, 0.25) is 0 Å². The van der Waals surface area contributed by atoms with Crippen molar-refractivity contribution in [2.75, 3.05) is 13.1 Å². The first kappa shape index (κ1) is 14.2. The quantitative estimate of drug-likeness (QED) is 0.792. The van der Waals surface area contributed by atoms with Crippen LogP contribution in [0.4, 0.5) is 0 Å². The summed E-state index contributed by atoms with van der Waals surface area (Å²) in [5.41, 5.74) is -0.615. The molecule has 1 atom stereocenters. The molecule has 0 saturated carbocycles. The van der Waals surface area contributed by atoms with Crippen molar-refractivity contribution in [2.24, 2.45) is 5.92 Å². The molecule has 1 aromatic heterocycles. The molecule has 1 rings (SSSR count). The van der Waals surface area contributed by atoms with E-state index in [1.165, 1.54) is 8.66 Å². The number of thiophene rings is 1. The minimum Gasteiger partial charge on any atom is -0.389 e. The zero-order chi connectivity index (χ0) is 12.2. The van der Waals surface area contributed by atoms with Crippen LogP contribution in [0.5, 0.6) is 0 Å². The lowest BCUT2D eigenvalue weighted by Crippen LogP contribution is -2.42. The van der Waals surface area contributed by atoms with Crippen LogP contribution < -0.4 is 5.32 Å². The summed E-state index contributed by atoms with van der Waals surface area (Å²) in [6.45, 7) is 7.52. The van der Waals surface area contributed by atoms with E-state index < -0.39 is 5.60 Å². The first-order chi connectivity index (χ1) is 7.42. The Bertz CT molecular complexity index is 323. The Hall–Kier alpha value is 0.1000. The molecular weight excluding hydrogens is 286 g/mol. The largest absolute Gasteiger partial charge is 0.389 e. The monoisotopic (exact) mass is 305 g/mol. The van der Waals surface area contributed by atoms with Gasteiger partial charge in [-0.15, -0.1) is 11.3 Å². The Balaban J connectivity index is 2.22. The molecule has 1 unspecified atom stereocenters. The molecule has 0 bridgehead atoms. The van der Waals surface area contributed by atoms with Crippen LogP contribution >= 0.6 is 27.3 Å². The zero-order valence-electron chi connectivity index (χ0n) is 10.1. The van der Waals surface area contributed by atoms with E-state index in [-0.39, 0.29) is 5.92 Å². The second-order valence-corrected chi connectivity index (χ2v) is 7.19. The topological polar surface area (TPSA) is 32.3 Å². The summed E-state index contributed by atoms with van der Waals surface area (Å²) in [5.74, 6) is 0.274.